The molecule has 3 rings (SSSR count). The number of hydrogen-bond acceptors (Lipinski definition) is 5. The Labute approximate surface area is 170 Å². The fourth-order valence-electron chi connectivity index (χ4n) is 2.95. The molecule has 1 fully saturated rings. The quantitative estimate of drug-likeness (QED) is 0.723. The minimum absolute atomic E-state index is 0.0587. The van der Waals surface area contributed by atoms with Crippen LogP contribution in [0, 0.1) is 5.82 Å². The maximum absolute atomic E-state index is 13.0. The Hall–Kier alpha value is -2.45. The minimum atomic E-state index is -3.62. The standard InChI is InChI=1S/C19H20FNO5S.C2H6/c20-15-3-7-17(8-4-15)27(24,25)18-9-10-21(11-18)19(23)13-26-16-5-1-14(12-22)2-6-16;1-2/h1-8,18,22H,9-13H2;1-2H3. The lowest BCUT2D eigenvalue weighted by atomic mass is 10.2. The highest BCUT2D eigenvalue weighted by atomic mass is 32.2. The van der Waals surface area contributed by atoms with Gasteiger partial charge < -0.3 is 14.7 Å². The number of benzene rings is 2. The van der Waals surface area contributed by atoms with Gasteiger partial charge in [-0.2, -0.15) is 0 Å². The largest absolute Gasteiger partial charge is 0.484 e. The third-order valence-electron chi connectivity index (χ3n) is 4.55. The van der Waals surface area contributed by atoms with Crippen molar-refractivity contribution < 1.29 is 27.4 Å². The number of aliphatic hydroxyl groups excluding tert-OH is 1. The average Bonchev–Trinajstić information content (AvgIpc) is 3.25. The van der Waals surface area contributed by atoms with E-state index in [0.29, 0.717) is 18.7 Å². The summed E-state index contributed by atoms with van der Waals surface area (Å²) in [4.78, 5) is 13.8. The summed E-state index contributed by atoms with van der Waals surface area (Å²) in [6.45, 7) is 4.15. The van der Waals surface area contributed by atoms with Crippen molar-refractivity contribution in [2.75, 3.05) is 19.7 Å². The van der Waals surface area contributed by atoms with Gasteiger partial charge in [-0.3, -0.25) is 4.79 Å². The SMILES string of the molecule is CC.O=C(COc1ccc(CO)cc1)N1CCC(S(=O)(=O)c2ccc(F)cc2)C1. The molecule has 8 heteroatoms. The third-order valence-corrected chi connectivity index (χ3v) is 6.74. The smallest absolute Gasteiger partial charge is 0.260 e. The summed E-state index contributed by atoms with van der Waals surface area (Å²) in [5, 5.41) is 8.30. The molecule has 1 saturated heterocycles. The molecule has 0 bridgehead atoms. The van der Waals surface area contributed by atoms with Crippen molar-refractivity contribution in [2.45, 2.75) is 37.0 Å². The van der Waals surface area contributed by atoms with Gasteiger partial charge in [-0.1, -0.05) is 26.0 Å². The van der Waals surface area contributed by atoms with Crippen LogP contribution in [0.4, 0.5) is 4.39 Å². The van der Waals surface area contributed by atoms with Crippen LogP contribution in [0.25, 0.3) is 0 Å². The lowest BCUT2D eigenvalue weighted by Gasteiger charge is -2.17. The lowest BCUT2D eigenvalue weighted by Crippen LogP contribution is -2.35. The molecule has 0 aromatic heterocycles. The lowest BCUT2D eigenvalue weighted by molar-refractivity contribution is -0.132. The van der Waals surface area contributed by atoms with Gasteiger partial charge in [0.1, 0.15) is 11.6 Å². The zero-order valence-electron chi connectivity index (χ0n) is 16.5. The van der Waals surface area contributed by atoms with E-state index in [1.54, 1.807) is 24.3 Å². The number of aliphatic hydroxyl groups is 1. The molecular weight excluding hydrogens is 397 g/mol. The second-order valence-electron chi connectivity index (χ2n) is 6.34. The van der Waals surface area contributed by atoms with E-state index < -0.39 is 20.9 Å². The monoisotopic (exact) mass is 423 g/mol. The average molecular weight is 424 g/mol. The Morgan fingerprint density at radius 3 is 2.34 bits per heavy atom. The van der Waals surface area contributed by atoms with E-state index in [9.17, 15) is 17.6 Å². The first-order valence-electron chi connectivity index (χ1n) is 9.50. The second-order valence-corrected chi connectivity index (χ2v) is 8.57. The molecule has 1 heterocycles. The molecule has 1 amide bonds. The summed E-state index contributed by atoms with van der Waals surface area (Å²) in [6, 6.07) is 11.4. The van der Waals surface area contributed by atoms with Crippen LogP contribution >= 0.6 is 0 Å². The normalized spacial score (nSPS) is 16.1. The van der Waals surface area contributed by atoms with E-state index in [-0.39, 0.29) is 30.6 Å². The van der Waals surface area contributed by atoms with Crippen LogP contribution in [0.5, 0.6) is 5.75 Å². The van der Waals surface area contributed by atoms with Gasteiger partial charge in [-0.15, -0.1) is 0 Å². The number of hydrogen-bond donors (Lipinski definition) is 1. The van der Waals surface area contributed by atoms with Crippen molar-refractivity contribution in [3.05, 3.63) is 59.9 Å². The van der Waals surface area contributed by atoms with Gasteiger partial charge in [0.25, 0.3) is 5.91 Å². The highest BCUT2D eigenvalue weighted by Crippen LogP contribution is 2.24. The highest BCUT2D eigenvalue weighted by Gasteiger charge is 2.36. The number of halogens is 1. The summed E-state index contributed by atoms with van der Waals surface area (Å²) in [5.41, 5.74) is 0.738. The number of rotatable bonds is 6. The predicted octanol–water partition coefficient (Wildman–Crippen LogP) is 2.80. The molecule has 1 atom stereocenters. The summed E-state index contributed by atoms with van der Waals surface area (Å²) >= 11 is 0. The summed E-state index contributed by atoms with van der Waals surface area (Å²) in [6.07, 6.45) is 0.330. The van der Waals surface area contributed by atoms with E-state index in [1.165, 1.54) is 17.0 Å². The van der Waals surface area contributed by atoms with Crippen LogP contribution < -0.4 is 4.74 Å². The van der Waals surface area contributed by atoms with Gasteiger partial charge >= 0.3 is 0 Å². The van der Waals surface area contributed by atoms with Crippen molar-refractivity contribution in [1.29, 1.82) is 0 Å². The summed E-state index contributed by atoms with van der Waals surface area (Å²) in [5.74, 6) is -0.297. The third kappa shape index (κ3) is 5.77. The molecule has 2 aromatic rings. The van der Waals surface area contributed by atoms with Crippen LogP contribution in [-0.4, -0.2) is 49.3 Å². The number of amides is 1. The molecule has 29 heavy (non-hydrogen) atoms. The highest BCUT2D eigenvalue weighted by molar-refractivity contribution is 7.92. The summed E-state index contributed by atoms with van der Waals surface area (Å²) in [7, 11) is -3.62. The molecule has 6 nitrogen and oxygen atoms in total. The fraction of sp³-hybridized carbons (Fsp3) is 0.381. The molecule has 0 radical (unpaired) electrons. The van der Waals surface area contributed by atoms with Crippen molar-refractivity contribution in [2.24, 2.45) is 0 Å². The maximum atomic E-state index is 13.0. The first-order chi connectivity index (χ1) is 13.9. The molecule has 0 spiro atoms. The Balaban J connectivity index is 0.00000145. The number of ether oxygens (including phenoxy) is 1. The Bertz CT molecular complexity index is 898. The van der Waals surface area contributed by atoms with Crippen molar-refractivity contribution in [3.63, 3.8) is 0 Å². The Kier molecular flexibility index (Phi) is 8.16. The van der Waals surface area contributed by atoms with E-state index in [4.69, 9.17) is 9.84 Å². The van der Waals surface area contributed by atoms with E-state index >= 15 is 0 Å². The zero-order chi connectivity index (χ0) is 21.4. The van der Waals surface area contributed by atoms with Gasteiger partial charge in [0.2, 0.25) is 0 Å². The Morgan fingerprint density at radius 1 is 1.14 bits per heavy atom. The molecule has 1 aliphatic heterocycles. The van der Waals surface area contributed by atoms with Crippen LogP contribution in [0.3, 0.4) is 0 Å². The number of sulfone groups is 1. The number of nitrogens with zero attached hydrogens (tertiary/aromatic N) is 1. The second kappa shape index (κ2) is 10.4. The summed E-state index contributed by atoms with van der Waals surface area (Å²) < 4.78 is 43.7. The van der Waals surface area contributed by atoms with Crippen molar-refractivity contribution in [1.82, 2.24) is 4.90 Å². The fourth-order valence-corrected chi connectivity index (χ4v) is 4.64. The number of carbonyl (C=O) groups is 1. The van der Waals surface area contributed by atoms with Crippen molar-refractivity contribution >= 4 is 15.7 Å². The Morgan fingerprint density at radius 2 is 1.76 bits per heavy atom. The topological polar surface area (TPSA) is 83.9 Å². The number of carbonyl (C=O) groups excluding carboxylic acids is 1. The molecule has 1 unspecified atom stereocenters. The molecule has 1 N–H and O–H groups in total. The predicted molar refractivity (Wildman–Crippen MR) is 108 cm³/mol. The first-order valence-corrected chi connectivity index (χ1v) is 11.0. The van der Waals surface area contributed by atoms with Crippen molar-refractivity contribution in [3.8, 4) is 5.75 Å². The number of likely N-dealkylation sites (tertiary alicyclic amines) is 1. The van der Waals surface area contributed by atoms with Crippen LogP contribution in [-0.2, 0) is 21.2 Å². The molecule has 0 saturated carbocycles. The molecular formula is C21H26FNO5S. The van der Waals surface area contributed by atoms with Gasteiger partial charge in [-0.25, -0.2) is 12.8 Å². The molecule has 1 aliphatic rings. The maximum Gasteiger partial charge on any atom is 0.260 e. The zero-order valence-corrected chi connectivity index (χ0v) is 17.4. The van der Waals surface area contributed by atoms with Gasteiger partial charge in [0.05, 0.1) is 16.8 Å². The van der Waals surface area contributed by atoms with Crippen LogP contribution in [0.2, 0.25) is 0 Å². The molecule has 0 aliphatic carbocycles. The van der Waals surface area contributed by atoms with E-state index in [0.717, 1.165) is 17.7 Å². The van der Waals surface area contributed by atoms with Crippen LogP contribution in [0.1, 0.15) is 25.8 Å². The molecule has 158 valence electrons. The van der Waals surface area contributed by atoms with E-state index in [1.807, 2.05) is 13.8 Å². The minimum Gasteiger partial charge on any atom is -0.484 e. The van der Waals surface area contributed by atoms with Gasteiger partial charge in [0.15, 0.2) is 16.4 Å². The van der Waals surface area contributed by atoms with E-state index in [2.05, 4.69) is 0 Å². The van der Waals surface area contributed by atoms with Gasteiger partial charge in [0, 0.05) is 13.1 Å². The first kappa shape index (κ1) is 22.8. The van der Waals surface area contributed by atoms with Crippen LogP contribution in [0.15, 0.2) is 53.4 Å². The van der Waals surface area contributed by atoms with Gasteiger partial charge in [-0.05, 0) is 48.4 Å². The molecule has 2 aromatic carbocycles.